The first-order valence-corrected chi connectivity index (χ1v) is 9.12. The van der Waals surface area contributed by atoms with Crippen LogP contribution < -0.4 is 15.0 Å². The van der Waals surface area contributed by atoms with Crippen LogP contribution in [0.3, 0.4) is 0 Å². The van der Waals surface area contributed by atoms with Crippen LogP contribution in [-0.2, 0) is 13.0 Å². The highest BCUT2D eigenvalue weighted by atomic mass is 16.5. The zero-order valence-electron chi connectivity index (χ0n) is 16.1. The zero-order chi connectivity index (χ0) is 19.8. The molecule has 6 heteroatoms. The highest BCUT2D eigenvalue weighted by molar-refractivity contribution is 5.94. The van der Waals surface area contributed by atoms with Crippen molar-refractivity contribution in [3.05, 3.63) is 83.9 Å². The average Bonchev–Trinajstić information content (AvgIpc) is 2.76. The van der Waals surface area contributed by atoms with Crippen LogP contribution in [0, 0.1) is 0 Å². The Hall–Kier alpha value is -3.41. The number of hydrogen-bond donors (Lipinski definition) is 1. The first-order valence-electron chi connectivity index (χ1n) is 9.12. The Morgan fingerprint density at radius 2 is 1.89 bits per heavy atom. The second kappa shape index (κ2) is 9.50. The summed E-state index contributed by atoms with van der Waals surface area (Å²) in [4.78, 5) is 22.9. The minimum absolute atomic E-state index is 0.164. The number of benzene rings is 1. The molecule has 3 rings (SSSR count). The van der Waals surface area contributed by atoms with E-state index < -0.39 is 0 Å². The predicted molar refractivity (Wildman–Crippen MR) is 110 cm³/mol. The predicted octanol–water partition coefficient (Wildman–Crippen LogP) is 3.09. The molecule has 3 aromatic rings. The highest BCUT2D eigenvalue weighted by Gasteiger charge is 2.10. The normalized spacial score (nSPS) is 10.4. The molecule has 1 aromatic carbocycles. The molecule has 0 radical (unpaired) electrons. The number of aromatic nitrogens is 2. The van der Waals surface area contributed by atoms with Crippen molar-refractivity contribution in [2.75, 3.05) is 25.6 Å². The molecule has 0 saturated heterocycles. The van der Waals surface area contributed by atoms with Crippen LogP contribution >= 0.6 is 0 Å². The van der Waals surface area contributed by atoms with Crippen molar-refractivity contribution in [3.8, 4) is 5.75 Å². The molecular weight excluding hydrogens is 352 g/mol. The molecule has 0 aliphatic carbocycles. The maximum atomic E-state index is 12.6. The lowest BCUT2D eigenvalue weighted by Crippen LogP contribution is -2.25. The number of ether oxygens (including phenoxy) is 1. The van der Waals surface area contributed by atoms with Gasteiger partial charge in [-0.3, -0.25) is 14.8 Å². The molecular formula is C22H24N4O2. The largest absolute Gasteiger partial charge is 0.496 e. The lowest BCUT2D eigenvalue weighted by atomic mass is 10.1. The number of methoxy groups -OCH3 is 1. The third kappa shape index (κ3) is 5.07. The number of likely N-dealkylation sites (N-methyl/N-ethyl adjacent to an activating group) is 1. The fourth-order valence-electron chi connectivity index (χ4n) is 2.86. The Bertz CT molecular complexity index is 915. The highest BCUT2D eigenvalue weighted by Crippen LogP contribution is 2.18. The molecule has 0 aliphatic rings. The van der Waals surface area contributed by atoms with Gasteiger partial charge in [0.25, 0.3) is 5.91 Å². The number of amides is 1. The number of carbonyl (C=O) groups excluding carboxylic acids is 1. The van der Waals surface area contributed by atoms with Crippen LogP contribution in [0.15, 0.2) is 67.3 Å². The van der Waals surface area contributed by atoms with E-state index in [1.54, 1.807) is 31.9 Å². The van der Waals surface area contributed by atoms with Crippen molar-refractivity contribution in [3.63, 3.8) is 0 Å². The van der Waals surface area contributed by atoms with Gasteiger partial charge >= 0.3 is 0 Å². The molecule has 0 fully saturated rings. The van der Waals surface area contributed by atoms with Gasteiger partial charge in [-0.05, 0) is 36.2 Å². The summed E-state index contributed by atoms with van der Waals surface area (Å²) in [5.74, 6) is 0.591. The Balaban J connectivity index is 1.61. The minimum Gasteiger partial charge on any atom is -0.496 e. The van der Waals surface area contributed by atoms with Gasteiger partial charge in [-0.25, -0.2) is 0 Å². The van der Waals surface area contributed by atoms with Crippen molar-refractivity contribution in [1.29, 1.82) is 0 Å². The number of anilines is 1. The van der Waals surface area contributed by atoms with Crippen LogP contribution in [0.1, 0.15) is 21.5 Å². The van der Waals surface area contributed by atoms with Crippen molar-refractivity contribution >= 4 is 11.6 Å². The maximum absolute atomic E-state index is 12.6. The van der Waals surface area contributed by atoms with Gasteiger partial charge in [0.15, 0.2) is 0 Å². The Labute approximate surface area is 165 Å². The molecule has 0 spiro atoms. The minimum atomic E-state index is -0.164. The monoisotopic (exact) mass is 376 g/mol. The van der Waals surface area contributed by atoms with Gasteiger partial charge in [-0.1, -0.05) is 18.2 Å². The van der Waals surface area contributed by atoms with E-state index in [9.17, 15) is 4.79 Å². The third-order valence-corrected chi connectivity index (χ3v) is 4.54. The fraction of sp³-hybridized carbons (Fsp3) is 0.227. The van der Waals surface area contributed by atoms with Crippen molar-refractivity contribution < 1.29 is 9.53 Å². The number of carbonyl (C=O) groups is 1. The quantitative estimate of drug-likeness (QED) is 0.654. The van der Waals surface area contributed by atoms with Gasteiger partial charge < -0.3 is 15.0 Å². The average molecular weight is 376 g/mol. The maximum Gasteiger partial charge on any atom is 0.253 e. The zero-order valence-corrected chi connectivity index (χ0v) is 16.1. The number of para-hydroxylation sites is 1. The van der Waals surface area contributed by atoms with Gasteiger partial charge in [0, 0.05) is 44.3 Å². The summed E-state index contributed by atoms with van der Waals surface area (Å²) < 4.78 is 5.32. The first kappa shape index (κ1) is 19.4. The van der Waals surface area contributed by atoms with E-state index >= 15 is 0 Å². The van der Waals surface area contributed by atoms with E-state index in [2.05, 4.69) is 20.2 Å². The lowest BCUT2D eigenvalue weighted by Gasteiger charge is -2.19. The summed E-state index contributed by atoms with van der Waals surface area (Å²) in [6.45, 7) is 1.21. The molecule has 28 heavy (non-hydrogen) atoms. The Morgan fingerprint density at radius 3 is 2.68 bits per heavy atom. The topological polar surface area (TPSA) is 67.3 Å². The van der Waals surface area contributed by atoms with E-state index in [1.165, 1.54) is 5.56 Å². The van der Waals surface area contributed by atoms with E-state index in [0.717, 1.165) is 30.0 Å². The molecule has 0 aliphatic heterocycles. The number of nitrogens with zero attached hydrogens (tertiary/aromatic N) is 3. The Morgan fingerprint density at radius 1 is 1.11 bits per heavy atom. The molecule has 2 aromatic heterocycles. The SMILES string of the molecule is COc1ccccc1CNC(=O)c1cncc(N(C)CCc2ccncc2)c1. The summed E-state index contributed by atoms with van der Waals surface area (Å²) >= 11 is 0. The Kier molecular flexibility index (Phi) is 6.57. The molecule has 2 heterocycles. The van der Waals surface area contributed by atoms with Crippen LogP contribution in [-0.4, -0.2) is 36.6 Å². The number of rotatable bonds is 8. The number of nitrogens with one attached hydrogen (secondary N) is 1. The molecule has 0 saturated carbocycles. The summed E-state index contributed by atoms with van der Waals surface area (Å²) in [6.07, 6.45) is 7.83. The summed E-state index contributed by atoms with van der Waals surface area (Å²) in [6, 6.07) is 13.5. The fourth-order valence-corrected chi connectivity index (χ4v) is 2.86. The van der Waals surface area contributed by atoms with Gasteiger partial charge in [0.05, 0.1) is 24.6 Å². The van der Waals surface area contributed by atoms with Gasteiger partial charge in [0.2, 0.25) is 0 Å². The standard InChI is InChI=1S/C22H24N4O2/c1-26(12-9-17-7-10-23-11-8-17)20-13-19(14-24-16-20)22(27)25-15-18-5-3-4-6-21(18)28-2/h3-8,10-11,13-14,16H,9,12,15H2,1-2H3,(H,25,27). The van der Waals surface area contributed by atoms with E-state index in [1.807, 2.05) is 49.5 Å². The molecule has 144 valence electrons. The summed E-state index contributed by atoms with van der Waals surface area (Å²) in [7, 11) is 3.62. The number of hydrogen-bond acceptors (Lipinski definition) is 5. The van der Waals surface area contributed by atoms with Crippen molar-refractivity contribution in [2.24, 2.45) is 0 Å². The molecule has 0 unspecified atom stereocenters. The smallest absolute Gasteiger partial charge is 0.253 e. The second-order valence-corrected chi connectivity index (χ2v) is 6.45. The van der Waals surface area contributed by atoms with Crippen molar-refractivity contribution in [1.82, 2.24) is 15.3 Å². The van der Waals surface area contributed by atoms with Gasteiger partial charge in [0.1, 0.15) is 5.75 Å². The van der Waals surface area contributed by atoms with Gasteiger partial charge in [-0.15, -0.1) is 0 Å². The molecule has 6 nitrogen and oxygen atoms in total. The van der Waals surface area contributed by atoms with E-state index in [-0.39, 0.29) is 5.91 Å². The summed E-state index contributed by atoms with van der Waals surface area (Å²) in [5.41, 5.74) is 3.58. The van der Waals surface area contributed by atoms with Crippen molar-refractivity contribution in [2.45, 2.75) is 13.0 Å². The van der Waals surface area contributed by atoms with Crippen LogP contribution in [0.2, 0.25) is 0 Å². The second-order valence-electron chi connectivity index (χ2n) is 6.45. The molecule has 1 amide bonds. The number of pyridine rings is 2. The van der Waals surface area contributed by atoms with E-state index in [4.69, 9.17) is 4.74 Å². The molecule has 0 atom stereocenters. The van der Waals surface area contributed by atoms with Gasteiger partial charge in [-0.2, -0.15) is 0 Å². The first-order chi connectivity index (χ1) is 13.7. The third-order valence-electron chi connectivity index (χ3n) is 4.54. The van der Waals surface area contributed by atoms with Crippen LogP contribution in [0.5, 0.6) is 5.75 Å². The van der Waals surface area contributed by atoms with Crippen LogP contribution in [0.25, 0.3) is 0 Å². The molecule has 0 bridgehead atoms. The molecule has 1 N–H and O–H groups in total. The summed E-state index contributed by atoms with van der Waals surface area (Å²) in [5, 5.41) is 2.93. The lowest BCUT2D eigenvalue weighted by molar-refractivity contribution is 0.0950. The van der Waals surface area contributed by atoms with E-state index in [0.29, 0.717) is 12.1 Å². The van der Waals surface area contributed by atoms with Crippen LogP contribution in [0.4, 0.5) is 5.69 Å².